The quantitative estimate of drug-likeness (QED) is 0.558. The summed E-state index contributed by atoms with van der Waals surface area (Å²) in [4.78, 5) is 27.7. The van der Waals surface area contributed by atoms with Crippen molar-refractivity contribution in [1.29, 1.82) is 0 Å². The van der Waals surface area contributed by atoms with Crippen LogP contribution in [0.4, 0.5) is 5.69 Å². The van der Waals surface area contributed by atoms with Crippen molar-refractivity contribution in [3.63, 3.8) is 0 Å². The highest BCUT2D eigenvalue weighted by Gasteiger charge is 2.27. The van der Waals surface area contributed by atoms with Crippen LogP contribution in [0, 0.1) is 5.92 Å². The van der Waals surface area contributed by atoms with Crippen LogP contribution in [0.3, 0.4) is 0 Å². The number of ether oxygens (including phenoxy) is 2. The summed E-state index contributed by atoms with van der Waals surface area (Å²) >= 11 is 0. The lowest BCUT2D eigenvalue weighted by Crippen LogP contribution is -2.38. The van der Waals surface area contributed by atoms with E-state index in [1.807, 2.05) is 0 Å². The fourth-order valence-electron chi connectivity index (χ4n) is 4.48. The molecule has 2 aliphatic heterocycles. The summed E-state index contributed by atoms with van der Waals surface area (Å²) in [6.45, 7) is 4.43. The van der Waals surface area contributed by atoms with E-state index >= 15 is 0 Å². The van der Waals surface area contributed by atoms with Crippen LogP contribution >= 0.6 is 0 Å². The van der Waals surface area contributed by atoms with Crippen LogP contribution in [0.1, 0.15) is 53.3 Å². The molecule has 9 nitrogen and oxygen atoms in total. The molecule has 2 amide bonds. The van der Waals surface area contributed by atoms with Crippen molar-refractivity contribution in [2.24, 2.45) is 5.92 Å². The summed E-state index contributed by atoms with van der Waals surface area (Å²) in [6.07, 6.45) is 3.61. The number of sulfonamides is 1. The van der Waals surface area contributed by atoms with Gasteiger partial charge in [0.25, 0.3) is 21.8 Å². The number of anilines is 1. The molecule has 1 atom stereocenters. The molecule has 0 radical (unpaired) electrons. The highest BCUT2D eigenvalue weighted by Crippen LogP contribution is 2.28. The fraction of sp³-hybridized carbons (Fsp3) is 0.462. The molecular formula is C26H33N3O6S. The number of hydrogen-bond donors (Lipinski definition) is 2. The first-order chi connectivity index (χ1) is 17.3. The van der Waals surface area contributed by atoms with E-state index in [0.29, 0.717) is 37.9 Å². The number of piperidine rings is 1. The molecule has 4 rings (SSSR count). The minimum Gasteiger partial charge on any atom is -0.496 e. The number of likely N-dealkylation sites (tertiary alicyclic amines) is 1. The van der Waals surface area contributed by atoms with Gasteiger partial charge in [-0.2, -0.15) is 0 Å². The lowest BCUT2D eigenvalue weighted by Gasteiger charge is -2.30. The van der Waals surface area contributed by atoms with E-state index in [1.165, 1.54) is 31.4 Å². The number of para-hydroxylation sites is 1. The number of carbonyl (C=O) groups excluding carboxylic acids is 2. The smallest absolute Gasteiger partial charge is 0.261 e. The molecule has 2 fully saturated rings. The first-order valence-corrected chi connectivity index (χ1v) is 13.8. The second kappa shape index (κ2) is 11.3. The van der Waals surface area contributed by atoms with Gasteiger partial charge in [-0.3, -0.25) is 14.3 Å². The van der Waals surface area contributed by atoms with Gasteiger partial charge in [0.1, 0.15) is 5.75 Å². The number of benzene rings is 2. The Labute approximate surface area is 212 Å². The van der Waals surface area contributed by atoms with E-state index in [4.69, 9.17) is 9.47 Å². The first-order valence-electron chi connectivity index (χ1n) is 12.3. The molecule has 0 spiro atoms. The zero-order valence-electron chi connectivity index (χ0n) is 20.7. The maximum Gasteiger partial charge on any atom is 0.261 e. The molecule has 0 saturated carbocycles. The van der Waals surface area contributed by atoms with Crippen molar-refractivity contribution in [2.45, 2.75) is 43.6 Å². The van der Waals surface area contributed by atoms with Gasteiger partial charge in [-0.05, 0) is 61.9 Å². The summed E-state index contributed by atoms with van der Waals surface area (Å²) < 4.78 is 40.0. The van der Waals surface area contributed by atoms with Crippen LogP contribution in [-0.2, 0) is 14.8 Å². The summed E-state index contributed by atoms with van der Waals surface area (Å²) in [5.41, 5.74) is 0.542. The van der Waals surface area contributed by atoms with Gasteiger partial charge in [0.05, 0.1) is 34.9 Å². The first kappa shape index (κ1) is 26.0. The number of carbonyl (C=O) groups is 2. The molecule has 0 aliphatic carbocycles. The van der Waals surface area contributed by atoms with Crippen LogP contribution in [0.15, 0.2) is 47.4 Å². The molecule has 2 aromatic rings. The van der Waals surface area contributed by atoms with E-state index in [2.05, 4.69) is 17.0 Å². The van der Waals surface area contributed by atoms with Gasteiger partial charge >= 0.3 is 0 Å². The maximum absolute atomic E-state index is 13.3. The average Bonchev–Trinajstić information content (AvgIpc) is 3.41. The Hall–Kier alpha value is -3.11. The normalized spacial score (nSPS) is 18.6. The van der Waals surface area contributed by atoms with E-state index < -0.39 is 15.9 Å². The Morgan fingerprint density at radius 3 is 2.53 bits per heavy atom. The molecule has 2 saturated heterocycles. The topological polar surface area (TPSA) is 114 Å². The van der Waals surface area contributed by atoms with Crippen LogP contribution in [0.5, 0.6) is 5.75 Å². The third kappa shape index (κ3) is 5.99. The van der Waals surface area contributed by atoms with Gasteiger partial charge in [0, 0.05) is 26.2 Å². The number of methoxy groups -OCH3 is 1. The van der Waals surface area contributed by atoms with Gasteiger partial charge in [-0.1, -0.05) is 19.1 Å². The van der Waals surface area contributed by atoms with Crippen molar-refractivity contribution in [3.05, 3.63) is 53.6 Å². The van der Waals surface area contributed by atoms with Gasteiger partial charge in [-0.25, -0.2) is 8.42 Å². The van der Waals surface area contributed by atoms with Crippen LogP contribution < -0.4 is 14.8 Å². The summed E-state index contributed by atoms with van der Waals surface area (Å²) in [5, 5.41) is 2.82. The zero-order valence-corrected chi connectivity index (χ0v) is 21.5. The average molecular weight is 516 g/mol. The highest BCUT2D eigenvalue weighted by molar-refractivity contribution is 7.92. The van der Waals surface area contributed by atoms with Crippen molar-refractivity contribution in [3.8, 4) is 5.75 Å². The molecule has 10 heteroatoms. The molecule has 2 aromatic carbocycles. The minimum absolute atomic E-state index is 0.0313. The highest BCUT2D eigenvalue weighted by atomic mass is 32.2. The number of nitrogens with one attached hydrogen (secondary N) is 2. The SMILES string of the molecule is COc1ccc(S(=O)(=O)Nc2ccccc2C(=O)NC[C@H]2CCCO2)cc1C(=O)N1CCC(C)CC1. The Morgan fingerprint density at radius 2 is 1.83 bits per heavy atom. The van der Waals surface area contributed by atoms with Gasteiger partial charge in [-0.15, -0.1) is 0 Å². The Kier molecular flexibility index (Phi) is 8.15. The second-order valence-corrected chi connectivity index (χ2v) is 11.0. The van der Waals surface area contributed by atoms with E-state index in [0.717, 1.165) is 25.7 Å². The summed E-state index contributed by atoms with van der Waals surface area (Å²) in [7, 11) is -2.65. The number of amides is 2. The van der Waals surface area contributed by atoms with Gasteiger partial charge in [0.2, 0.25) is 0 Å². The molecule has 2 N–H and O–H groups in total. The van der Waals surface area contributed by atoms with Crippen molar-refractivity contribution >= 4 is 27.5 Å². The standard InChI is InChI=1S/C26H33N3O6S/c1-18-11-13-29(14-12-18)26(31)22-16-20(9-10-24(22)34-2)36(32,33)28-23-8-4-3-7-21(23)25(30)27-17-19-6-5-15-35-19/h3-4,7-10,16,18-19,28H,5-6,11-15,17H2,1-2H3,(H,27,30)/t19-/m1/s1. The Morgan fingerprint density at radius 1 is 1.08 bits per heavy atom. The Bertz CT molecular complexity index is 1200. The molecular weight excluding hydrogens is 482 g/mol. The van der Waals surface area contributed by atoms with E-state index in [1.54, 1.807) is 23.1 Å². The number of nitrogens with zero attached hydrogens (tertiary/aromatic N) is 1. The molecule has 194 valence electrons. The second-order valence-electron chi connectivity index (χ2n) is 9.33. The molecule has 36 heavy (non-hydrogen) atoms. The third-order valence-corrected chi connectivity index (χ3v) is 8.08. The van der Waals surface area contributed by atoms with Crippen molar-refractivity contribution in [2.75, 3.05) is 38.1 Å². The summed E-state index contributed by atoms with van der Waals surface area (Å²) in [5.74, 6) is 0.208. The monoisotopic (exact) mass is 515 g/mol. The fourth-order valence-corrected chi connectivity index (χ4v) is 5.59. The van der Waals surface area contributed by atoms with Gasteiger partial charge in [0.15, 0.2) is 0 Å². The van der Waals surface area contributed by atoms with Crippen LogP contribution in [0.25, 0.3) is 0 Å². The lowest BCUT2D eigenvalue weighted by atomic mass is 9.98. The third-order valence-electron chi connectivity index (χ3n) is 6.71. The largest absolute Gasteiger partial charge is 0.496 e. The minimum atomic E-state index is -4.10. The van der Waals surface area contributed by atoms with Crippen molar-refractivity contribution in [1.82, 2.24) is 10.2 Å². The van der Waals surface area contributed by atoms with Crippen molar-refractivity contribution < 1.29 is 27.5 Å². The zero-order chi connectivity index (χ0) is 25.7. The molecule has 0 unspecified atom stereocenters. The number of rotatable bonds is 8. The van der Waals surface area contributed by atoms with Gasteiger partial charge < -0.3 is 19.7 Å². The lowest BCUT2D eigenvalue weighted by molar-refractivity contribution is 0.0693. The maximum atomic E-state index is 13.3. The van der Waals surface area contributed by atoms with Crippen LogP contribution in [0.2, 0.25) is 0 Å². The molecule has 0 aromatic heterocycles. The molecule has 2 aliphatic rings. The van der Waals surface area contributed by atoms with Crippen LogP contribution in [-0.4, -0.2) is 64.6 Å². The van der Waals surface area contributed by atoms with E-state index in [9.17, 15) is 18.0 Å². The Balaban J connectivity index is 1.54. The van der Waals surface area contributed by atoms with E-state index in [-0.39, 0.29) is 33.7 Å². The molecule has 0 bridgehead atoms. The summed E-state index contributed by atoms with van der Waals surface area (Å²) in [6, 6.07) is 10.6. The number of hydrogen-bond acceptors (Lipinski definition) is 6. The molecule has 2 heterocycles. The predicted octanol–water partition coefficient (Wildman–Crippen LogP) is 3.28. The predicted molar refractivity (Wildman–Crippen MR) is 136 cm³/mol.